The molecule has 0 saturated carbocycles. The molecule has 1 aromatic rings. The molecule has 3 N–H and O–H groups in total. The normalized spacial score (nSPS) is 15.5. The lowest BCUT2D eigenvalue weighted by Gasteiger charge is -2.14. The fraction of sp³-hybridized carbons (Fsp3) is 0.294. The molecule has 1 aliphatic rings. The average molecular weight is 394 g/mol. The lowest BCUT2D eigenvalue weighted by atomic mass is 10.2. The monoisotopic (exact) mass is 394 g/mol. The van der Waals surface area contributed by atoms with Gasteiger partial charge in [0.2, 0.25) is 5.91 Å². The molecule has 1 heterocycles. The number of carboxylic acids is 1. The third kappa shape index (κ3) is 5.85. The lowest BCUT2D eigenvalue weighted by molar-refractivity contribution is -0.137. The fourth-order valence-corrected chi connectivity index (χ4v) is 3.54. The van der Waals surface area contributed by atoms with Crippen molar-refractivity contribution in [3.05, 3.63) is 34.7 Å². The van der Waals surface area contributed by atoms with Gasteiger partial charge in [0.15, 0.2) is 0 Å². The number of benzene rings is 1. The van der Waals surface area contributed by atoms with E-state index in [9.17, 15) is 19.5 Å². The third-order valence-corrected chi connectivity index (χ3v) is 4.87. The van der Waals surface area contributed by atoms with Crippen molar-refractivity contribution in [2.45, 2.75) is 19.3 Å². The fourth-order valence-electron chi connectivity index (χ4n) is 2.23. The number of carboxylic acid groups (broad SMARTS) is 1. The molecule has 0 radical (unpaired) electrons. The zero-order valence-electron chi connectivity index (χ0n) is 13.8. The van der Waals surface area contributed by atoms with Crippen LogP contribution in [0.15, 0.2) is 29.2 Å². The summed E-state index contributed by atoms with van der Waals surface area (Å²) in [6.07, 6.45) is 2.08. The van der Waals surface area contributed by atoms with Gasteiger partial charge in [-0.3, -0.25) is 19.3 Å². The molecule has 0 atom stereocenters. The third-order valence-electron chi connectivity index (χ3n) is 3.49. The van der Waals surface area contributed by atoms with Gasteiger partial charge in [-0.05, 0) is 30.2 Å². The van der Waals surface area contributed by atoms with E-state index in [4.69, 9.17) is 17.3 Å². The van der Waals surface area contributed by atoms with Gasteiger partial charge >= 0.3 is 5.97 Å². The Bertz CT molecular complexity index is 763. The van der Waals surface area contributed by atoms with E-state index in [1.165, 1.54) is 17.0 Å². The molecule has 0 spiro atoms. The van der Waals surface area contributed by atoms with E-state index in [0.717, 1.165) is 11.8 Å². The molecule has 26 heavy (non-hydrogen) atoms. The van der Waals surface area contributed by atoms with Crippen LogP contribution in [-0.2, 0) is 14.4 Å². The van der Waals surface area contributed by atoms with Crippen LogP contribution in [0.3, 0.4) is 0 Å². The number of carbonyl (C=O) groups excluding carboxylic acids is 2. The zero-order valence-corrected chi connectivity index (χ0v) is 15.4. The number of hydrogen-bond acceptors (Lipinski definition) is 6. The van der Waals surface area contributed by atoms with Gasteiger partial charge in [-0.25, -0.2) is 0 Å². The Balaban J connectivity index is 1.87. The Morgan fingerprint density at radius 1 is 1.31 bits per heavy atom. The summed E-state index contributed by atoms with van der Waals surface area (Å²) in [6.45, 7) is 0.438. The van der Waals surface area contributed by atoms with E-state index in [1.807, 2.05) is 0 Å². The van der Waals surface area contributed by atoms with Gasteiger partial charge in [0.25, 0.3) is 5.91 Å². The van der Waals surface area contributed by atoms with Crippen LogP contribution < -0.4 is 5.32 Å². The summed E-state index contributed by atoms with van der Waals surface area (Å²) in [7, 11) is 0. The number of aromatic hydroxyl groups is 1. The predicted molar refractivity (Wildman–Crippen MR) is 102 cm³/mol. The quantitative estimate of drug-likeness (QED) is 0.351. The van der Waals surface area contributed by atoms with E-state index >= 15 is 0 Å². The van der Waals surface area contributed by atoms with E-state index < -0.39 is 5.97 Å². The van der Waals surface area contributed by atoms with Crippen molar-refractivity contribution in [2.75, 3.05) is 13.1 Å². The number of nitrogens with zero attached hydrogens (tertiary/aromatic N) is 1. The highest BCUT2D eigenvalue weighted by molar-refractivity contribution is 8.26. The van der Waals surface area contributed by atoms with Crippen molar-refractivity contribution in [1.29, 1.82) is 0 Å². The molecule has 0 bridgehead atoms. The highest BCUT2D eigenvalue weighted by atomic mass is 32.2. The Kier molecular flexibility index (Phi) is 7.16. The van der Waals surface area contributed by atoms with Crippen LogP contribution in [-0.4, -0.2) is 50.3 Å². The first kappa shape index (κ1) is 19.9. The molecule has 1 aliphatic heterocycles. The first-order chi connectivity index (χ1) is 12.4. The van der Waals surface area contributed by atoms with Crippen molar-refractivity contribution >= 4 is 52.2 Å². The molecule has 0 aromatic heterocycles. The van der Waals surface area contributed by atoms with Crippen molar-refractivity contribution in [1.82, 2.24) is 10.2 Å². The second kappa shape index (κ2) is 9.35. The van der Waals surface area contributed by atoms with Crippen LogP contribution >= 0.6 is 24.0 Å². The number of thioether (sulfide) groups is 1. The topological polar surface area (TPSA) is 107 Å². The molecule has 1 saturated heterocycles. The molecular weight excluding hydrogens is 376 g/mol. The van der Waals surface area contributed by atoms with Crippen molar-refractivity contribution in [3.8, 4) is 5.75 Å². The van der Waals surface area contributed by atoms with Gasteiger partial charge in [-0.2, -0.15) is 0 Å². The first-order valence-electron chi connectivity index (χ1n) is 7.89. The van der Waals surface area contributed by atoms with Crippen LogP contribution in [0.25, 0.3) is 6.08 Å². The molecule has 2 amide bonds. The van der Waals surface area contributed by atoms with Crippen LogP contribution in [0, 0.1) is 0 Å². The van der Waals surface area contributed by atoms with Gasteiger partial charge < -0.3 is 15.5 Å². The molecule has 0 aliphatic carbocycles. The summed E-state index contributed by atoms with van der Waals surface area (Å²) < 4.78 is 0.375. The zero-order chi connectivity index (χ0) is 19.1. The number of thiocarbonyl (C=S) groups is 1. The minimum atomic E-state index is -0.907. The summed E-state index contributed by atoms with van der Waals surface area (Å²) in [5.41, 5.74) is 0.682. The number of aliphatic carboxylic acids is 1. The summed E-state index contributed by atoms with van der Waals surface area (Å²) in [6, 6.07) is 6.52. The van der Waals surface area contributed by atoms with Gasteiger partial charge in [-0.1, -0.05) is 36.1 Å². The van der Waals surface area contributed by atoms with Gasteiger partial charge in [0.1, 0.15) is 10.1 Å². The highest BCUT2D eigenvalue weighted by Crippen LogP contribution is 2.32. The maximum atomic E-state index is 12.4. The number of phenols is 1. The van der Waals surface area contributed by atoms with Gasteiger partial charge in [-0.15, -0.1) is 0 Å². The van der Waals surface area contributed by atoms with Crippen LogP contribution in [0.5, 0.6) is 5.75 Å². The number of rotatable bonds is 8. The molecule has 1 fully saturated rings. The molecule has 9 heteroatoms. The minimum Gasteiger partial charge on any atom is -0.508 e. The summed E-state index contributed by atoms with van der Waals surface area (Å²) >= 11 is 6.35. The van der Waals surface area contributed by atoms with Crippen LogP contribution in [0.2, 0.25) is 0 Å². The Labute approximate surface area is 160 Å². The second-order valence-electron chi connectivity index (χ2n) is 5.53. The number of amides is 2. The summed E-state index contributed by atoms with van der Waals surface area (Å²) in [5.74, 6) is -1.34. The Morgan fingerprint density at radius 3 is 2.77 bits per heavy atom. The van der Waals surface area contributed by atoms with E-state index in [-0.39, 0.29) is 43.5 Å². The molecule has 7 nitrogen and oxygen atoms in total. The van der Waals surface area contributed by atoms with Gasteiger partial charge in [0.05, 0.1) is 4.91 Å². The first-order valence-corrected chi connectivity index (χ1v) is 9.12. The standard InChI is InChI=1S/C17H18N2O5S2/c20-12-4-1-3-11(9-12)10-13-16(24)19(17(25)26-13)8-6-14(21)18-7-2-5-15(22)23/h1,3-4,9-10,20H,2,5-8H2,(H,18,21)(H,22,23)/b13-10-. The van der Waals surface area contributed by atoms with Crippen LogP contribution in [0.4, 0.5) is 0 Å². The molecule has 138 valence electrons. The SMILES string of the molecule is O=C(O)CCCNC(=O)CCN1C(=O)/C(=C/c2cccc(O)c2)SC1=S. The van der Waals surface area contributed by atoms with Crippen molar-refractivity contribution in [2.24, 2.45) is 0 Å². The molecular formula is C17H18N2O5S2. The number of carbonyl (C=O) groups is 3. The number of nitrogens with one attached hydrogen (secondary N) is 1. The summed E-state index contributed by atoms with van der Waals surface area (Å²) in [5, 5.41) is 20.6. The summed E-state index contributed by atoms with van der Waals surface area (Å²) in [4.78, 5) is 36.4. The maximum Gasteiger partial charge on any atom is 0.303 e. The number of phenolic OH excluding ortho intramolecular Hbond substituents is 1. The van der Waals surface area contributed by atoms with E-state index in [1.54, 1.807) is 18.2 Å². The lowest BCUT2D eigenvalue weighted by Crippen LogP contribution is -2.33. The molecule has 0 unspecified atom stereocenters. The Hall–Kier alpha value is -2.39. The molecule has 1 aromatic carbocycles. The van der Waals surface area contributed by atoms with Crippen molar-refractivity contribution in [3.63, 3.8) is 0 Å². The Morgan fingerprint density at radius 2 is 2.08 bits per heavy atom. The largest absolute Gasteiger partial charge is 0.508 e. The van der Waals surface area contributed by atoms with Gasteiger partial charge in [0, 0.05) is 25.9 Å². The highest BCUT2D eigenvalue weighted by Gasteiger charge is 2.32. The van der Waals surface area contributed by atoms with E-state index in [2.05, 4.69) is 5.32 Å². The van der Waals surface area contributed by atoms with Crippen molar-refractivity contribution < 1.29 is 24.6 Å². The minimum absolute atomic E-state index is 0.00515. The van der Waals surface area contributed by atoms with Crippen LogP contribution in [0.1, 0.15) is 24.8 Å². The maximum absolute atomic E-state index is 12.4. The average Bonchev–Trinajstić information content (AvgIpc) is 2.83. The van der Waals surface area contributed by atoms with E-state index in [0.29, 0.717) is 21.2 Å². The number of hydrogen-bond donors (Lipinski definition) is 3. The predicted octanol–water partition coefficient (Wildman–Crippen LogP) is 1.96. The molecule has 2 rings (SSSR count). The smallest absolute Gasteiger partial charge is 0.303 e. The second-order valence-corrected chi connectivity index (χ2v) is 7.20.